The second kappa shape index (κ2) is 17.1. The molecule has 2 aromatic heterocycles. The second-order valence-corrected chi connectivity index (χ2v) is 21.1. The van der Waals surface area contributed by atoms with Crippen LogP contribution in [0.3, 0.4) is 0 Å². The molecule has 6 nitrogen and oxygen atoms in total. The number of ether oxygens (including phenoxy) is 2. The molecule has 322 valence electrons. The minimum atomic E-state index is -0.131. The van der Waals surface area contributed by atoms with E-state index in [2.05, 4.69) is 84.2 Å². The molecule has 8 heteroatoms. The van der Waals surface area contributed by atoms with E-state index in [4.69, 9.17) is 22.6 Å². The van der Waals surface area contributed by atoms with Gasteiger partial charge in [0.2, 0.25) is 0 Å². The average Bonchev–Trinajstić information content (AvgIpc) is 4.12. The van der Waals surface area contributed by atoms with E-state index >= 15 is 0 Å². The van der Waals surface area contributed by atoms with Gasteiger partial charge >= 0.3 is 0 Å². The van der Waals surface area contributed by atoms with Crippen molar-refractivity contribution < 1.29 is 9.47 Å². The third-order valence-electron chi connectivity index (χ3n) is 15.4. The van der Waals surface area contributed by atoms with Gasteiger partial charge in [0.05, 0.1) is 48.3 Å². The maximum absolute atomic E-state index is 9.66. The minimum absolute atomic E-state index is 0.0346. The Balaban J connectivity index is 1.14. The highest BCUT2D eigenvalue weighted by molar-refractivity contribution is 7.14. The molecule has 2 aromatic carbocycles. The lowest BCUT2D eigenvalue weighted by atomic mass is 9.65. The number of thiophene rings is 2. The van der Waals surface area contributed by atoms with Crippen molar-refractivity contribution in [3.8, 4) is 34.8 Å². The number of fused-ring (bicyclic) bond motifs is 9. The zero-order valence-electron chi connectivity index (χ0n) is 37.1. The molecule has 0 saturated heterocycles. The summed E-state index contributed by atoms with van der Waals surface area (Å²) in [6.07, 6.45) is 27.9. The van der Waals surface area contributed by atoms with Crippen LogP contribution in [0.25, 0.3) is 56.3 Å². The zero-order chi connectivity index (χ0) is 44.1. The number of hydrogen-bond donors (Lipinski definition) is 0. The Morgan fingerprint density at radius 1 is 0.578 bits per heavy atom. The number of rotatable bonds is 10. The standard InChI is InChI=1S/C56H54N4O2S2/c1-5-22-61-50-30-40(28-38(34-57)59-3)63-52(50)48-26-36-24-46-42(32-44(36)54(48)16-10-7-11-17-54)43-33-45-37(25-47(43)56(46)20-14-9-15-21-56)27-49(55(45)18-12-8-13-19-55)53-51(62-23-6-2)31-41(64-53)29-39(35-58)60-4/h24-33H,5-23H2,1-2H3/b38-28-,39-29+. The Labute approximate surface area is 386 Å². The molecule has 0 bridgehead atoms. The normalized spacial score (nSPS) is 19.7. The minimum Gasteiger partial charge on any atom is -0.492 e. The summed E-state index contributed by atoms with van der Waals surface area (Å²) in [5.74, 6) is 1.74. The van der Waals surface area contributed by atoms with Crippen molar-refractivity contribution in [2.75, 3.05) is 13.2 Å². The van der Waals surface area contributed by atoms with Crippen LogP contribution in [0.5, 0.6) is 11.5 Å². The van der Waals surface area contributed by atoms with Crippen molar-refractivity contribution in [3.05, 3.63) is 124 Å². The lowest BCUT2D eigenvalue weighted by Crippen LogP contribution is -2.30. The molecule has 0 aliphatic heterocycles. The van der Waals surface area contributed by atoms with Crippen LogP contribution >= 0.6 is 22.7 Å². The molecular weight excluding hydrogens is 825 g/mol. The summed E-state index contributed by atoms with van der Waals surface area (Å²) in [4.78, 5) is 11.0. The van der Waals surface area contributed by atoms with Crippen LogP contribution in [0.1, 0.15) is 176 Å². The third-order valence-corrected chi connectivity index (χ3v) is 17.6. The van der Waals surface area contributed by atoms with E-state index in [1.165, 1.54) is 113 Å². The van der Waals surface area contributed by atoms with Crippen molar-refractivity contribution in [3.63, 3.8) is 0 Å². The summed E-state index contributed by atoms with van der Waals surface area (Å²) < 4.78 is 13.0. The molecule has 0 amide bonds. The van der Waals surface area contributed by atoms with Gasteiger partial charge in [0.1, 0.15) is 11.5 Å². The summed E-state index contributed by atoms with van der Waals surface area (Å²) in [6.45, 7) is 20.6. The average molecular weight is 879 g/mol. The molecule has 0 atom stereocenters. The number of benzene rings is 2. The first-order valence-corrected chi connectivity index (χ1v) is 25.3. The monoisotopic (exact) mass is 878 g/mol. The van der Waals surface area contributed by atoms with Crippen LogP contribution < -0.4 is 9.47 Å². The number of nitriles is 2. The van der Waals surface area contributed by atoms with E-state index < -0.39 is 0 Å². The van der Waals surface area contributed by atoms with Gasteiger partial charge in [-0.3, -0.25) is 0 Å². The maximum atomic E-state index is 9.66. The molecule has 0 N–H and O–H groups in total. The quantitative estimate of drug-likeness (QED) is 0.117. The van der Waals surface area contributed by atoms with Crippen molar-refractivity contribution in [1.82, 2.24) is 0 Å². The van der Waals surface area contributed by atoms with E-state index in [0.29, 0.717) is 13.2 Å². The van der Waals surface area contributed by atoms with Gasteiger partial charge in [-0.15, -0.1) is 22.7 Å². The molecule has 6 aliphatic carbocycles. The van der Waals surface area contributed by atoms with Gasteiger partial charge < -0.3 is 9.47 Å². The SMILES string of the molecule is [C-]#[N+]/C(C#N)=C\c1cc(OCCC)c(C2=Cc3cc4c(cc3C23CCCCC3)-c2cc3c(cc2C42CCCCC2)C=C(c2sc(/C=C(\C#N)[N+]#[C-])cc2OCCC)C32CCCCC2)s1. The number of hydrogen-bond acceptors (Lipinski definition) is 6. The lowest BCUT2D eigenvalue weighted by molar-refractivity contribution is 0.316. The molecule has 10 rings (SSSR count). The van der Waals surface area contributed by atoms with E-state index in [1.807, 2.05) is 0 Å². The van der Waals surface area contributed by atoms with Crippen LogP contribution in [0.4, 0.5) is 0 Å². The molecule has 6 aliphatic rings. The van der Waals surface area contributed by atoms with Gasteiger partial charge in [-0.1, -0.05) is 71.6 Å². The molecule has 0 unspecified atom stereocenters. The van der Waals surface area contributed by atoms with Gasteiger partial charge in [-0.05, 0) is 168 Å². The maximum Gasteiger partial charge on any atom is 0.263 e. The first-order chi connectivity index (χ1) is 31.3. The second-order valence-electron chi connectivity index (χ2n) is 18.9. The Kier molecular flexibility index (Phi) is 11.3. The Morgan fingerprint density at radius 2 is 0.969 bits per heavy atom. The van der Waals surface area contributed by atoms with Crippen LogP contribution in [0, 0.1) is 35.8 Å². The highest BCUT2D eigenvalue weighted by Crippen LogP contribution is 2.65. The highest BCUT2D eigenvalue weighted by Gasteiger charge is 2.51. The lowest BCUT2D eigenvalue weighted by Gasteiger charge is -2.39. The fraction of sp³-hybridized carbons (Fsp3) is 0.429. The molecule has 3 saturated carbocycles. The molecule has 4 aromatic rings. The zero-order valence-corrected chi connectivity index (χ0v) is 38.8. The summed E-state index contributed by atoms with van der Waals surface area (Å²) in [7, 11) is 0. The van der Waals surface area contributed by atoms with Crippen LogP contribution in [0.2, 0.25) is 0 Å². The molecule has 0 radical (unpaired) electrons. The summed E-state index contributed by atoms with van der Waals surface area (Å²) in [5, 5.41) is 19.3. The van der Waals surface area contributed by atoms with E-state index in [-0.39, 0.29) is 27.6 Å². The van der Waals surface area contributed by atoms with Gasteiger partial charge in [-0.2, -0.15) is 0 Å². The van der Waals surface area contributed by atoms with Crippen LogP contribution in [-0.2, 0) is 16.2 Å². The molecule has 2 heterocycles. The predicted octanol–water partition coefficient (Wildman–Crippen LogP) is 15.7. The molecule has 3 fully saturated rings. The fourth-order valence-corrected chi connectivity index (χ4v) is 14.9. The fourth-order valence-electron chi connectivity index (χ4n) is 12.6. The number of nitrogens with zero attached hydrogens (tertiary/aromatic N) is 4. The summed E-state index contributed by atoms with van der Waals surface area (Å²) in [6, 6.07) is 18.8. The van der Waals surface area contributed by atoms with Crippen LogP contribution in [0.15, 0.2) is 47.8 Å². The van der Waals surface area contributed by atoms with Gasteiger partial charge in [0.15, 0.2) is 0 Å². The van der Waals surface area contributed by atoms with Crippen LogP contribution in [-0.4, -0.2) is 13.2 Å². The van der Waals surface area contributed by atoms with Crippen molar-refractivity contribution >= 4 is 58.1 Å². The Bertz CT molecular complexity index is 2630. The smallest absolute Gasteiger partial charge is 0.263 e. The Morgan fingerprint density at radius 3 is 1.33 bits per heavy atom. The number of allylic oxidation sites excluding steroid dienone is 4. The molecular formula is C56H54N4O2S2. The summed E-state index contributed by atoms with van der Waals surface area (Å²) >= 11 is 3.34. The van der Waals surface area contributed by atoms with Crippen molar-refractivity contribution in [1.29, 1.82) is 10.5 Å². The largest absolute Gasteiger partial charge is 0.492 e. The van der Waals surface area contributed by atoms with E-state index in [0.717, 1.165) is 82.4 Å². The molecule has 64 heavy (non-hydrogen) atoms. The third kappa shape index (κ3) is 6.72. The summed E-state index contributed by atoms with van der Waals surface area (Å²) in [5.41, 5.74) is 14.1. The first-order valence-electron chi connectivity index (χ1n) is 23.7. The van der Waals surface area contributed by atoms with Crippen molar-refractivity contribution in [2.45, 2.75) is 139 Å². The van der Waals surface area contributed by atoms with Gasteiger partial charge in [0.25, 0.3) is 11.4 Å². The predicted molar refractivity (Wildman–Crippen MR) is 262 cm³/mol. The van der Waals surface area contributed by atoms with Gasteiger partial charge in [-0.25, -0.2) is 20.2 Å². The highest BCUT2D eigenvalue weighted by atomic mass is 32.1. The van der Waals surface area contributed by atoms with E-state index in [9.17, 15) is 10.5 Å². The van der Waals surface area contributed by atoms with Gasteiger partial charge in [0, 0.05) is 26.0 Å². The van der Waals surface area contributed by atoms with Crippen molar-refractivity contribution in [2.24, 2.45) is 0 Å². The molecule has 3 spiro atoms. The topological polar surface area (TPSA) is 74.8 Å². The first kappa shape index (κ1) is 42.3. The Hall–Kier alpha value is -5.64. The van der Waals surface area contributed by atoms with E-state index in [1.54, 1.807) is 34.8 Å².